The summed E-state index contributed by atoms with van der Waals surface area (Å²) in [5.74, 6) is 1.13. The van der Waals surface area contributed by atoms with E-state index in [0.29, 0.717) is 5.92 Å². The first kappa shape index (κ1) is 25.1. The molecule has 0 bridgehead atoms. The van der Waals surface area contributed by atoms with E-state index in [-0.39, 0.29) is 11.7 Å². The van der Waals surface area contributed by atoms with Crippen molar-refractivity contribution in [3.05, 3.63) is 29.3 Å². The van der Waals surface area contributed by atoms with Crippen LogP contribution in [0.15, 0.2) is 12.1 Å². The molecule has 3 saturated carbocycles. The normalized spacial score (nSPS) is 30.6. The van der Waals surface area contributed by atoms with Gasteiger partial charge in [-0.3, -0.25) is 4.79 Å². The minimum Gasteiger partial charge on any atom is -0.426 e. The second-order valence-corrected chi connectivity index (χ2v) is 11.1. The molecule has 5 heteroatoms. The average Bonchev–Trinajstić information content (AvgIpc) is 2.83. The standard InChI is InChI=1S/C29H39F2NO2/c1-2-3-4-5-6-7-19-8-12-24-20(14-19)9-10-21-15-22(11-13-25(21)24)29(33)34-23-16-27(30)26(18-32)28(31)17-23/h16-17,19-22,24-25H,2-15H2,1H3/t19?,20?,21-,22-,24?,25+/m1/s1. The number of fused-ring (bicyclic) bond motifs is 3. The van der Waals surface area contributed by atoms with Crippen LogP contribution >= 0.6 is 0 Å². The van der Waals surface area contributed by atoms with Crippen LogP contribution in [-0.4, -0.2) is 5.97 Å². The van der Waals surface area contributed by atoms with Crippen LogP contribution in [0.1, 0.15) is 102 Å². The van der Waals surface area contributed by atoms with Gasteiger partial charge in [0.1, 0.15) is 29.0 Å². The number of ether oxygens (including phenoxy) is 1. The highest BCUT2D eigenvalue weighted by atomic mass is 19.1. The summed E-state index contributed by atoms with van der Waals surface area (Å²) in [6.07, 6.45) is 17.5. The number of nitrogens with zero attached hydrogens (tertiary/aromatic N) is 1. The maximum absolute atomic E-state index is 13.9. The van der Waals surface area contributed by atoms with Crippen LogP contribution in [0.25, 0.3) is 0 Å². The van der Waals surface area contributed by atoms with E-state index < -0.39 is 23.2 Å². The average molecular weight is 472 g/mol. The topological polar surface area (TPSA) is 50.1 Å². The Labute approximate surface area is 203 Å². The lowest BCUT2D eigenvalue weighted by atomic mass is 9.55. The molecule has 0 amide bonds. The van der Waals surface area contributed by atoms with E-state index in [1.165, 1.54) is 76.7 Å². The third-order valence-corrected chi connectivity index (χ3v) is 9.04. The largest absolute Gasteiger partial charge is 0.426 e. The number of rotatable bonds is 8. The summed E-state index contributed by atoms with van der Waals surface area (Å²) >= 11 is 0. The van der Waals surface area contributed by atoms with Crippen molar-refractivity contribution < 1.29 is 18.3 Å². The summed E-state index contributed by atoms with van der Waals surface area (Å²) in [4.78, 5) is 12.8. The number of unbranched alkanes of at least 4 members (excludes halogenated alkanes) is 4. The Bertz CT molecular complexity index is 872. The molecule has 0 aliphatic heterocycles. The number of esters is 1. The number of carbonyl (C=O) groups excluding carboxylic acids is 1. The van der Waals surface area contributed by atoms with Crippen LogP contribution in [0.2, 0.25) is 0 Å². The van der Waals surface area contributed by atoms with Crippen molar-refractivity contribution >= 4 is 5.97 Å². The highest BCUT2D eigenvalue weighted by Gasteiger charge is 2.45. The highest BCUT2D eigenvalue weighted by molar-refractivity contribution is 5.75. The first-order valence-electron chi connectivity index (χ1n) is 13.6. The molecule has 0 spiro atoms. The van der Waals surface area contributed by atoms with Crippen molar-refractivity contribution in [2.45, 2.75) is 96.8 Å². The monoisotopic (exact) mass is 471 g/mol. The minimum absolute atomic E-state index is 0.155. The SMILES string of the molecule is CCCCCCCC1CCC2C(CC[C@@H]3C[C@H](C(=O)Oc4cc(F)c(C#N)c(F)c4)CC[C@H]23)C1. The van der Waals surface area contributed by atoms with Crippen molar-refractivity contribution in [1.29, 1.82) is 5.26 Å². The summed E-state index contributed by atoms with van der Waals surface area (Å²) in [5.41, 5.74) is -0.650. The van der Waals surface area contributed by atoms with Crippen molar-refractivity contribution in [2.24, 2.45) is 35.5 Å². The van der Waals surface area contributed by atoms with E-state index in [0.717, 1.165) is 55.1 Å². The van der Waals surface area contributed by atoms with Gasteiger partial charge in [0, 0.05) is 12.1 Å². The van der Waals surface area contributed by atoms with Gasteiger partial charge in [-0.15, -0.1) is 0 Å². The molecule has 0 aromatic heterocycles. The maximum Gasteiger partial charge on any atom is 0.314 e. The van der Waals surface area contributed by atoms with Gasteiger partial charge in [0.15, 0.2) is 0 Å². The van der Waals surface area contributed by atoms with Crippen LogP contribution in [0.3, 0.4) is 0 Å². The minimum atomic E-state index is -0.996. The molecule has 3 aliphatic rings. The Hall–Kier alpha value is -1.96. The molecule has 3 nitrogen and oxygen atoms in total. The lowest BCUT2D eigenvalue weighted by Gasteiger charge is -2.50. The van der Waals surface area contributed by atoms with Crippen LogP contribution in [0.4, 0.5) is 8.78 Å². The fraction of sp³-hybridized carbons (Fsp3) is 0.724. The first-order valence-corrected chi connectivity index (χ1v) is 13.6. The van der Waals surface area contributed by atoms with Gasteiger partial charge in [0.2, 0.25) is 0 Å². The molecule has 34 heavy (non-hydrogen) atoms. The zero-order valence-corrected chi connectivity index (χ0v) is 20.5. The molecule has 0 N–H and O–H groups in total. The summed E-state index contributed by atoms with van der Waals surface area (Å²) < 4.78 is 33.1. The predicted octanol–water partition coefficient (Wildman–Crippen LogP) is 7.96. The second kappa shape index (κ2) is 11.6. The fourth-order valence-electron chi connectivity index (χ4n) is 7.32. The van der Waals surface area contributed by atoms with Gasteiger partial charge >= 0.3 is 5.97 Å². The van der Waals surface area contributed by atoms with Crippen LogP contribution < -0.4 is 4.74 Å². The zero-order chi connectivity index (χ0) is 24.1. The summed E-state index contributed by atoms with van der Waals surface area (Å²) in [7, 11) is 0. The number of carbonyl (C=O) groups is 1. The van der Waals surface area contributed by atoms with Gasteiger partial charge in [-0.1, -0.05) is 51.9 Å². The Morgan fingerprint density at radius 1 is 0.941 bits per heavy atom. The first-order chi connectivity index (χ1) is 16.5. The van der Waals surface area contributed by atoms with Crippen LogP contribution in [0, 0.1) is 58.5 Å². The Morgan fingerprint density at radius 2 is 1.59 bits per heavy atom. The third kappa shape index (κ3) is 5.81. The van der Waals surface area contributed by atoms with Crippen LogP contribution in [0.5, 0.6) is 5.75 Å². The molecule has 1 aromatic rings. The molecule has 6 atom stereocenters. The van der Waals surface area contributed by atoms with E-state index >= 15 is 0 Å². The molecule has 0 radical (unpaired) electrons. The predicted molar refractivity (Wildman–Crippen MR) is 128 cm³/mol. The molecule has 0 heterocycles. The Balaban J connectivity index is 1.27. The lowest BCUT2D eigenvalue weighted by Crippen LogP contribution is -2.42. The van der Waals surface area contributed by atoms with Crippen molar-refractivity contribution in [3.8, 4) is 11.8 Å². The number of nitriles is 1. The number of benzene rings is 1. The van der Waals surface area contributed by atoms with Crippen LogP contribution in [-0.2, 0) is 4.79 Å². The summed E-state index contributed by atoms with van der Waals surface area (Å²) in [6.45, 7) is 2.27. The van der Waals surface area contributed by atoms with Crippen molar-refractivity contribution in [1.82, 2.24) is 0 Å². The molecular weight excluding hydrogens is 432 g/mol. The second-order valence-electron chi connectivity index (χ2n) is 11.1. The highest BCUT2D eigenvalue weighted by Crippen LogP contribution is 2.54. The Kier molecular flexibility index (Phi) is 8.61. The van der Waals surface area contributed by atoms with Crippen molar-refractivity contribution in [3.63, 3.8) is 0 Å². The summed E-state index contributed by atoms with van der Waals surface area (Å²) in [6, 6.07) is 3.35. The van der Waals surface area contributed by atoms with Gasteiger partial charge in [0.05, 0.1) is 5.92 Å². The smallest absolute Gasteiger partial charge is 0.314 e. The van der Waals surface area contributed by atoms with E-state index in [2.05, 4.69) is 6.92 Å². The van der Waals surface area contributed by atoms with E-state index in [1.54, 1.807) is 0 Å². The van der Waals surface area contributed by atoms with Gasteiger partial charge in [0.25, 0.3) is 0 Å². The molecule has 0 saturated heterocycles. The summed E-state index contributed by atoms with van der Waals surface area (Å²) in [5, 5.41) is 8.81. The van der Waals surface area contributed by atoms with Gasteiger partial charge in [-0.2, -0.15) is 5.26 Å². The van der Waals surface area contributed by atoms with E-state index in [9.17, 15) is 13.6 Å². The zero-order valence-electron chi connectivity index (χ0n) is 20.5. The van der Waals surface area contributed by atoms with Crippen molar-refractivity contribution in [2.75, 3.05) is 0 Å². The van der Waals surface area contributed by atoms with Gasteiger partial charge < -0.3 is 4.74 Å². The molecule has 186 valence electrons. The molecule has 1 aromatic carbocycles. The van der Waals surface area contributed by atoms with Gasteiger partial charge in [-0.05, 0) is 74.5 Å². The third-order valence-electron chi connectivity index (χ3n) is 9.04. The van der Waals surface area contributed by atoms with E-state index in [4.69, 9.17) is 10.00 Å². The number of hydrogen-bond donors (Lipinski definition) is 0. The van der Waals surface area contributed by atoms with Gasteiger partial charge in [-0.25, -0.2) is 8.78 Å². The number of halogens is 2. The number of hydrogen-bond acceptors (Lipinski definition) is 3. The Morgan fingerprint density at radius 3 is 2.26 bits per heavy atom. The molecule has 4 rings (SSSR count). The molecule has 3 fully saturated rings. The van der Waals surface area contributed by atoms with E-state index in [1.807, 2.05) is 0 Å². The maximum atomic E-state index is 13.9. The lowest BCUT2D eigenvalue weighted by molar-refractivity contribution is -0.142. The molecular formula is C29H39F2NO2. The quantitative estimate of drug-likeness (QED) is 0.219. The fourth-order valence-corrected chi connectivity index (χ4v) is 7.32. The molecule has 3 unspecified atom stereocenters. The molecule has 3 aliphatic carbocycles.